The molecule has 3 aromatic rings. The van der Waals surface area contributed by atoms with Crippen molar-refractivity contribution in [3.05, 3.63) is 70.4 Å². The standard InChI is InChI=1S/C20H14Cl2N2O4/c21-12-5-7-15(22)14(9-12)16-8-6-13(27-16)10-23-24-20(25)19-11-26-17-3-1-2-4-18(17)28-19/h1-10,19H,11H2,(H,24,25)/b23-10+/t19-/m0/s1. The zero-order valence-electron chi connectivity index (χ0n) is 14.4. The van der Waals surface area contributed by atoms with Crippen LogP contribution in [0.15, 0.2) is 64.1 Å². The predicted octanol–water partition coefficient (Wildman–Crippen LogP) is 4.54. The number of para-hydroxylation sites is 2. The molecule has 6 nitrogen and oxygen atoms in total. The number of nitrogens with one attached hydrogen (secondary N) is 1. The molecule has 1 atom stereocenters. The van der Waals surface area contributed by atoms with E-state index in [9.17, 15) is 4.79 Å². The Kier molecular flexibility index (Phi) is 5.23. The molecule has 1 aromatic heterocycles. The third-order valence-corrected chi connectivity index (χ3v) is 4.55. The van der Waals surface area contributed by atoms with Gasteiger partial charge in [-0.25, -0.2) is 5.43 Å². The number of hydrogen-bond acceptors (Lipinski definition) is 5. The number of hydrazone groups is 1. The largest absolute Gasteiger partial charge is 0.485 e. The van der Waals surface area contributed by atoms with Gasteiger partial charge in [-0.05, 0) is 42.5 Å². The summed E-state index contributed by atoms with van der Waals surface area (Å²) in [7, 11) is 0. The number of halogens is 2. The number of ether oxygens (including phenoxy) is 2. The molecule has 1 amide bonds. The maximum absolute atomic E-state index is 12.2. The Morgan fingerprint density at radius 1 is 1.11 bits per heavy atom. The molecule has 0 spiro atoms. The molecule has 1 aliphatic heterocycles. The first-order chi connectivity index (χ1) is 13.6. The summed E-state index contributed by atoms with van der Waals surface area (Å²) in [5.41, 5.74) is 3.09. The third kappa shape index (κ3) is 3.98. The Morgan fingerprint density at radius 2 is 1.93 bits per heavy atom. The van der Waals surface area contributed by atoms with Crippen LogP contribution in [0.2, 0.25) is 10.0 Å². The van der Waals surface area contributed by atoms with Crippen LogP contribution in [0, 0.1) is 0 Å². The van der Waals surface area contributed by atoms with Crippen LogP contribution in [0.5, 0.6) is 11.5 Å². The highest BCUT2D eigenvalue weighted by Crippen LogP contribution is 2.32. The first-order valence-electron chi connectivity index (χ1n) is 8.37. The van der Waals surface area contributed by atoms with Crippen molar-refractivity contribution in [2.24, 2.45) is 5.10 Å². The molecule has 0 saturated carbocycles. The molecule has 142 valence electrons. The molecule has 0 aliphatic carbocycles. The van der Waals surface area contributed by atoms with Gasteiger partial charge >= 0.3 is 0 Å². The first kappa shape index (κ1) is 18.4. The second kappa shape index (κ2) is 7.96. The van der Waals surface area contributed by atoms with Crippen LogP contribution in [-0.4, -0.2) is 24.8 Å². The van der Waals surface area contributed by atoms with Gasteiger partial charge in [-0.1, -0.05) is 35.3 Å². The maximum Gasteiger partial charge on any atom is 0.284 e. The zero-order chi connectivity index (χ0) is 19.5. The number of fused-ring (bicyclic) bond motifs is 1. The van der Waals surface area contributed by atoms with E-state index in [1.54, 1.807) is 48.5 Å². The molecular weight excluding hydrogens is 403 g/mol. The van der Waals surface area contributed by atoms with Gasteiger partial charge in [0.05, 0.1) is 11.2 Å². The van der Waals surface area contributed by atoms with Crippen LogP contribution < -0.4 is 14.9 Å². The number of benzene rings is 2. The van der Waals surface area contributed by atoms with E-state index in [1.807, 2.05) is 6.07 Å². The highest BCUT2D eigenvalue weighted by molar-refractivity contribution is 6.35. The van der Waals surface area contributed by atoms with Crippen LogP contribution in [0.4, 0.5) is 0 Å². The van der Waals surface area contributed by atoms with Crippen molar-refractivity contribution >= 4 is 35.3 Å². The number of amides is 1. The number of hydrogen-bond donors (Lipinski definition) is 1. The Hall–Kier alpha value is -2.96. The molecule has 1 N–H and O–H groups in total. The van der Waals surface area contributed by atoms with E-state index >= 15 is 0 Å². The minimum atomic E-state index is -0.788. The zero-order valence-corrected chi connectivity index (χ0v) is 15.9. The lowest BCUT2D eigenvalue weighted by Gasteiger charge is -2.24. The predicted molar refractivity (Wildman–Crippen MR) is 106 cm³/mol. The Balaban J connectivity index is 1.39. The Morgan fingerprint density at radius 3 is 2.79 bits per heavy atom. The number of rotatable bonds is 4. The first-order valence-corrected chi connectivity index (χ1v) is 9.12. The van der Waals surface area contributed by atoms with Gasteiger partial charge < -0.3 is 13.9 Å². The van der Waals surface area contributed by atoms with Gasteiger partial charge in [-0.2, -0.15) is 5.10 Å². The fraction of sp³-hybridized carbons (Fsp3) is 0.100. The van der Waals surface area contributed by atoms with Crippen LogP contribution >= 0.6 is 23.2 Å². The lowest BCUT2D eigenvalue weighted by atomic mass is 10.2. The highest BCUT2D eigenvalue weighted by atomic mass is 35.5. The SMILES string of the molecule is O=C(N/N=C/c1ccc(-c2cc(Cl)ccc2Cl)o1)[C@@H]1COc2ccccc2O1. The molecule has 0 fully saturated rings. The summed E-state index contributed by atoms with van der Waals surface area (Å²) in [6.45, 7) is 0.108. The average molecular weight is 417 g/mol. The summed E-state index contributed by atoms with van der Waals surface area (Å²) in [5.74, 6) is 1.69. The van der Waals surface area contributed by atoms with Crippen LogP contribution in [0.3, 0.4) is 0 Å². The lowest BCUT2D eigenvalue weighted by molar-refractivity contribution is -0.130. The van der Waals surface area contributed by atoms with Crippen molar-refractivity contribution in [1.29, 1.82) is 0 Å². The van der Waals surface area contributed by atoms with Crippen molar-refractivity contribution in [3.8, 4) is 22.8 Å². The number of furan rings is 1. The summed E-state index contributed by atoms with van der Waals surface area (Å²) >= 11 is 12.2. The maximum atomic E-state index is 12.2. The number of carbonyl (C=O) groups is 1. The monoisotopic (exact) mass is 416 g/mol. The average Bonchev–Trinajstić information content (AvgIpc) is 3.18. The molecule has 2 aromatic carbocycles. The molecule has 28 heavy (non-hydrogen) atoms. The number of carbonyl (C=O) groups excluding carboxylic acids is 1. The van der Waals surface area contributed by atoms with Crippen molar-refractivity contribution in [3.63, 3.8) is 0 Å². The van der Waals surface area contributed by atoms with Crippen molar-refractivity contribution in [2.45, 2.75) is 6.10 Å². The van der Waals surface area contributed by atoms with Crippen LogP contribution in [0.25, 0.3) is 11.3 Å². The van der Waals surface area contributed by atoms with Gasteiger partial charge in [0.1, 0.15) is 18.1 Å². The minimum Gasteiger partial charge on any atom is -0.485 e. The quantitative estimate of drug-likeness (QED) is 0.500. The fourth-order valence-corrected chi connectivity index (χ4v) is 3.02. The van der Waals surface area contributed by atoms with Crippen molar-refractivity contribution < 1.29 is 18.7 Å². The smallest absolute Gasteiger partial charge is 0.284 e. The summed E-state index contributed by atoms with van der Waals surface area (Å²) in [6, 6.07) is 15.7. The van der Waals surface area contributed by atoms with Crippen LogP contribution in [-0.2, 0) is 4.79 Å². The van der Waals surface area contributed by atoms with E-state index in [4.69, 9.17) is 37.1 Å². The minimum absolute atomic E-state index is 0.108. The van der Waals surface area contributed by atoms with Crippen molar-refractivity contribution in [1.82, 2.24) is 5.43 Å². The molecule has 0 unspecified atom stereocenters. The molecule has 0 radical (unpaired) electrons. The molecule has 0 bridgehead atoms. The summed E-state index contributed by atoms with van der Waals surface area (Å²) in [6.07, 6.45) is 0.599. The lowest BCUT2D eigenvalue weighted by Crippen LogP contribution is -2.42. The second-order valence-electron chi connectivity index (χ2n) is 5.92. The van der Waals surface area contributed by atoms with Gasteiger partial charge in [0.15, 0.2) is 11.5 Å². The molecule has 0 saturated heterocycles. The van der Waals surface area contributed by atoms with Gasteiger partial charge in [0.2, 0.25) is 6.10 Å². The van der Waals surface area contributed by atoms with E-state index in [0.717, 1.165) is 0 Å². The number of nitrogens with zero attached hydrogens (tertiary/aromatic N) is 1. The van der Waals surface area contributed by atoms with E-state index in [1.165, 1.54) is 6.21 Å². The topological polar surface area (TPSA) is 73.1 Å². The normalized spacial score (nSPS) is 15.6. The summed E-state index contributed by atoms with van der Waals surface area (Å²) < 4.78 is 16.8. The van der Waals surface area contributed by atoms with E-state index in [2.05, 4.69) is 10.5 Å². The molecule has 1 aliphatic rings. The van der Waals surface area contributed by atoms with Gasteiger partial charge in [0.25, 0.3) is 5.91 Å². The fourth-order valence-electron chi connectivity index (χ4n) is 2.63. The summed E-state index contributed by atoms with van der Waals surface area (Å²) in [5, 5.41) is 4.98. The van der Waals surface area contributed by atoms with E-state index in [-0.39, 0.29) is 6.61 Å². The highest BCUT2D eigenvalue weighted by Gasteiger charge is 2.27. The Labute approximate surface area is 170 Å². The molecule has 2 heterocycles. The Bertz CT molecular complexity index is 1050. The third-order valence-electron chi connectivity index (χ3n) is 3.99. The van der Waals surface area contributed by atoms with Crippen molar-refractivity contribution in [2.75, 3.05) is 6.61 Å². The van der Waals surface area contributed by atoms with Gasteiger partial charge in [-0.3, -0.25) is 4.79 Å². The molecule has 4 rings (SSSR count). The molecule has 8 heteroatoms. The summed E-state index contributed by atoms with van der Waals surface area (Å²) in [4.78, 5) is 12.2. The van der Waals surface area contributed by atoms with Crippen LogP contribution in [0.1, 0.15) is 5.76 Å². The van der Waals surface area contributed by atoms with Gasteiger partial charge in [0, 0.05) is 10.6 Å². The van der Waals surface area contributed by atoms with E-state index < -0.39 is 12.0 Å². The van der Waals surface area contributed by atoms with E-state index in [0.29, 0.717) is 38.6 Å². The second-order valence-corrected chi connectivity index (χ2v) is 6.77. The molecular formula is C20H14Cl2N2O4. The van der Waals surface area contributed by atoms with Gasteiger partial charge in [-0.15, -0.1) is 0 Å².